The van der Waals surface area contributed by atoms with Crippen molar-refractivity contribution in [3.8, 4) is 5.75 Å². The van der Waals surface area contributed by atoms with E-state index in [0.717, 1.165) is 30.0 Å². The van der Waals surface area contributed by atoms with Crippen molar-refractivity contribution in [2.75, 3.05) is 11.9 Å². The Labute approximate surface area is 157 Å². The first kappa shape index (κ1) is 18.1. The van der Waals surface area contributed by atoms with Crippen LogP contribution < -0.4 is 10.1 Å². The van der Waals surface area contributed by atoms with Crippen LogP contribution in [0.3, 0.4) is 0 Å². The number of anilines is 1. The average molecular weight is 367 g/mol. The summed E-state index contributed by atoms with van der Waals surface area (Å²) in [6.07, 6.45) is 2.87. The summed E-state index contributed by atoms with van der Waals surface area (Å²) in [5, 5.41) is 12.5. The molecular formula is C20H21N3O2S. The van der Waals surface area contributed by atoms with Crippen LogP contribution in [0.2, 0.25) is 0 Å². The van der Waals surface area contributed by atoms with Gasteiger partial charge in [-0.05, 0) is 49.6 Å². The fraction of sp³-hybridized carbons (Fsp3) is 0.250. The molecule has 0 spiro atoms. The lowest BCUT2D eigenvalue weighted by Crippen LogP contribution is -2.11. The Morgan fingerprint density at radius 3 is 2.54 bits per heavy atom. The Balaban J connectivity index is 1.50. The second-order valence-electron chi connectivity index (χ2n) is 5.75. The maximum Gasteiger partial charge on any atom is 0.257 e. The van der Waals surface area contributed by atoms with Crippen molar-refractivity contribution in [3.63, 3.8) is 0 Å². The fourth-order valence-electron chi connectivity index (χ4n) is 2.53. The number of nitrogens with zero attached hydrogens (tertiary/aromatic N) is 2. The third-order valence-corrected chi connectivity index (χ3v) is 4.71. The van der Waals surface area contributed by atoms with Crippen LogP contribution in [-0.2, 0) is 12.8 Å². The molecule has 1 heterocycles. The van der Waals surface area contributed by atoms with E-state index in [0.29, 0.717) is 17.3 Å². The molecule has 0 radical (unpaired) electrons. The zero-order chi connectivity index (χ0) is 18.2. The molecule has 0 bridgehead atoms. The summed E-state index contributed by atoms with van der Waals surface area (Å²) >= 11 is 1.42. The Hall–Kier alpha value is -2.73. The number of hydrogen-bond donors (Lipinski definition) is 1. The number of carbonyl (C=O) groups excluding carboxylic acids is 1. The summed E-state index contributed by atoms with van der Waals surface area (Å²) in [4.78, 5) is 12.3. The summed E-state index contributed by atoms with van der Waals surface area (Å²) in [6.45, 7) is 2.52. The number of rotatable bonds is 8. The van der Waals surface area contributed by atoms with E-state index in [1.54, 1.807) is 24.3 Å². The van der Waals surface area contributed by atoms with Crippen molar-refractivity contribution in [3.05, 3.63) is 70.7 Å². The van der Waals surface area contributed by atoms with Gasteiger partial charge in [0.1, 0.15) is 10.8 Å². The van der Waals surface area contributed by atoms with Crippen LogP contribution in [0.15, 0.2) is 54.6 Å². The average Bonchev–Trinajstić information content (AvgIpc) is 3.11. The summed E-state index contributed by atoms with van der Waals surface area (Å²) in [5.41, 5.74) is 1.88. The molecule has 3 aromatic rings. The minimum absolute atomic E-state index is 0.194. The van der Waals surface area contributed by atoms with Gasteiger partial charge in [0.2, 0.25) is 5.13 Å². The van der Waals surface area contributed by atoms with E-state index in [-0.39, 0.29) is 5.91 Å². The maximum atomic E-state index is 12.3. The largest absolute Gasteiger partial charge is 0.494 e. The molecule has 0 saturated heterocycles. The Morgan fingerprint density at radius 1 is 1.04 bits per heavy atom. The molecule has 1 amide bonds. The standard InChI is InChI=1S/C20H21N3O2S/c1-2-25-17-13-11-16(12-14-17)19(24)21-20-23-22-18(26-20)10-6-9-15-7-4-3-5-8-15/h3-5,7-8,11-14H,2,6,9-10H2,1H3,(H,21,23,24). The van der Waals surface area contributed by atoms with Gasteiger partial charge in [-0.25, -0.2) is 0 Å². The van der Waals surface area contributed by atoms with Gasteiger partial charge >= 0.3 is 0 Å². The predicted molar refractivity (Wildman–Crippen MR) is 104 cm³/mol. The van der Waals surface area contributed by atoms with Crippen LogP contribution in [0.25, 0.3) is 0 Å². The lowest BCUT2D eigenvalue weighted by Gasteiger charge is -2.04. The smallest absolute Gasteiger partial charge is 0.257 e. The molecule has 0 aliphatic rings. The molecule has 6 heteroatoms. The van der Waals surface area contributed by atoms with Crippen molar-refractivity contribution in [1.29, 1.82) is 0 Å². The summed E-state index contributed by atoms with van der Waals surface area (Å²) in [7, 11) is 0. The summed E-state index contributed by atoms with van der Waals surface area (Å²) < 4.78 is 5.38. The number of benzene rings is 2. The second-order valence-corrected chi connectivity index (χ2v) is 6.81. The third-order valence-electron chi connectivity index (χ3n) is 3.81. The van der Waals surface area contributed by atoms with E-state index in [4.69, 9.17) is 4.74 Å². The van der Waals surface area contributed by atoms with Crippen molar-refractivity contribution in [2.24, 2.45) is 0 Å². The zero-order valence-electron chi connectivity index (χ0n) is 14.6. The highest BCUT2D eigenvalue weighted by Gasteiger charge is 2.10. The van der Waals surface area contributed by atoms with Gasteiger partial charge in [0.15, 0.2) is 0 Å². The zero-order valence-corrected chi connectivity index (χ0v) is 15.5. The van der Waals surface area contributed by atoms with Crippen LogP contribution in [0.1, 0.15) is 34.3 Å². The van der Waals surface area contributed by atoms with E-state index >= 15 is 0 Å². The first-order valence-corrected chi connectivity index (χ1v) is 9.47. The van der Waals surface area contributed by atoms with Gasteiger partial charge in [-0.15, -0.1) is 10.2 Å². The molecular weight excluding hydrogens is 346 g/mol. The summed E-state index contributed by atoms with van der Waals surface area (Å²) in [5.74, 6) is 0.556. The highest BCUT2D eigenvalue weighted by Crippen LogP contribution is 2.19. The van der Waals surface area contributed by atoms with Gasteiger partial charge in [-0.1, -0.05) is 41.7 Å². The van der Waals surface area contributed by atoms with Gasteiger partial charge in [0.25, 0.3) is 5.91 Å². The molecule has 1 N–H and O–H groups in total. The van der Waals surface area contributed by atoms with Crippen molar-refractivity contribution < 1.29 is 9.53 Å². The molecule has 0 unspecified atom stereocenters. The maximum absolute atomic E-state index is 12.3. The molecule has 0 saturated carbocycles. The van der Waals surface area contributed by atoms with Gasteiger partial charge < -0.3 is 4.74 Å². The molecule has 2 aromatic carbocycles. The molecule has 0 atom stereocenters. The number of aryl methyl sites for hydroxylation is 2. The molecule has 1 aromatic heterocycles. The van der Waals surface area contributed by atoms with Crippen molar-refractivity contribution in [1.82, 2.24) is 10.2 Å². The number of amides is 1. The van der Waals surface area contributed by atoms with E-state index in [1.807, 2.05) is 13.0 Å². The number of ether oxygens (including phenoxy) is 1. The Bertz CT molecular complexity index is 832. The predicted octanol–water partition coefficient (Wildman–Crippen LogP) is 4.36. The van der Waals surface area contributed by atoms with Gasteiger partial charge in [-0.2, -0.15) is 0 Å². The van der Waals surface area contributed by atoms with Crippen LogP contribution in [0, 0.1) is 0 Å². The minimum atomic E-state index is -0.194. The first-order valence-electron chi connectivity index (χ1n) is 8.65. The first-order chi connectivity index (χ1) is 12.7. The molecule has 0 aliphatic carbocycles. The molecule has 0 aliphatic heterocycles. The lowest BCUT2D eigenvalue weighted by molar-refractivity contribution is 0.102. The Morgan fingerprint density at radius 2 is 1.81 bits per heavy atom. The molecule has 0 fully saturated rings. The van der Waals surface area contributed by atoms with E-state index in [1.165, 1.54) is 16.9 Å². The second kappa shape index (κ2) is 9.10. The molecule has 3 rings (SSSR count). The number of nitrogens with one attached hydrogen (secondary N) is 1. The monoisotopic (exact) mass is 367 g/mol. The molecule has 134 valence electrons. The SMILES string of the molecule is CCOc1ccc(C(=O)Nc2nnc(CCCc3ccccc3)s2)cc1. The van der Waals surface area contributed by atoms with E-state index in [2.05, 4.69) is 39.8 Å². The minimum Gasteiger partial charge on any atom is -0.494 e. The van der Waals surface area contributed by atoms with Gasteiger partial charge in [0, 0.05) is 12.0 Å². The van der Waals surface area contributed by atoms with Crippen LogP contribution in [0.4, 0.5) is 5.13 Å². The highest BCUT2D eigenvalue weighted by atomic mass is 32.1. The van der Waals surface area contributed by atoms with Crippen LogP contribution in [0.5, 0.6) is 5.75 Å². The summed E-state index contributed by atoms with van der Waals surface area (Å²) in [6, 6.07) is 17.4. The van der Waals surface area contributed by atoms with E-state index in [9.17, 15) is 4.79 Å². The van der Waals surface area contributed by atoms with Crippen molar-refractivity contribution >= 4 is 22.4 Å². The van der Waals surface area contributed by atoms with Crippen LogP contribution >= 0.6 is 11.3 Å². The molecule has 5 nitrogen and oxygen atoms in total. The van der Waals surface area contributed by atoms with E-state index < -0.39 is 0 Å². The van der Waals surface area contributed by atoms with Crippen LogP contribution in [-0.4, -0.2) is 22.7 Å². The number of carbonyl (C=O) groups is 1. The fourth-order valence-corrected chi connectivity index (χ4v) is 3.31. The van der Waals surface area contributed by atoms with Gasteiger partial charge in [-0.3, -0.25) is 10.1 Å². The number of hydrogen-bond acceptors (Lipinski definition) is 5. The Kier molecular flexibility index (Phi) is 6.33. The van der Waals surface area contributed by atoms with Crippen molar-refractivity contribution in [2.45, 2.75) is 26.2 Å². The quantitative estimate of drug-likeness (QED) is 0.642. The van der Waals surface area contributed by atoms with Gasteiger partial charge in [0.05, 0.1) is 6.61 Å². The highest BCUT2D eigenvalue weighted by molar-refractivity contribution is 7.15. The lowest BCUT2D eigenvalue weighted by atomic mass is 10.1. The third kappa shape index (κ3) is 5.13. The normalized spacial score (nSPS) is 10.5. The topological polar surface area (TPSA) is 64.1 Å². The number of aromatic nitrogens is 2. The molecule has 26 heavy (non-hydrogen) atoms.